The summed E-state index contributed by atoms with van der Waals surface area (Å²) in [6.45, 7) is 0. The van der Waals surface area contributed by atoms with Crippen LogP contribution in [0.5, 0.6) is 0 Å². The number of rotatable bonds is 2. The van der Waals surface area contributed by atoms with Crippen LogP contribution in [0.4, 0.5) is 13.2 Å². The molecule has 118 valence electrons. The Morgan fingerprint density at radius 3 is 2.45 bits per heavy atom. The second-order valence-corrected chi connectivity index (χ2v) is 4.04. The number of imidazole rings is 1. The van der Waals surface area contributed by atoms with Gasteiger partial charge in [-0.3, -0.25) is 4.79 Å². The summed E-state index contributed by atoms with van der Waals surface area (Å²) < 4.78 is 40.6. The molecule has 1 aromatic carbocycles. The van der Waals surface area contributed by atoms with Crippen LogP contribution in [-0.2, 0) is 6.18 Å². The highest BCUT2D eigenvalue weighted by atomic mass is 35.5. The minimum absolute atomic E-state index is 0. The average molecular weight is 334 g/mol. The van der Waals surface area contributed by atoms with E-state index in [9.17, 15) is 18.0 Å². The van der Waals surface area contributed by atoms with Gasteiger partial charge in [0.05, 0.1) is 17.5 Å². The molecule has 0 spiro atoms. The second kappa shape index (κ2) is 6.48. The van der Waals surface area contributed by atoms with Gasteiger partial charge < -0.3 is 16.0 Å². The average Bonchev–Trinajstić information content (AvgIpc) is 2.90. The third-order valence-electron chi connectivity index (χ3n) is 2.57. The van der Waals surface area contributed by atoms with Gasteiger partial charge in [0.15, 0.2) is 5.96 Å². The van der Waals surface area contributed by atoms with Crippen LogP contribution < -0.4 is 11.5 Å². The number of alkyl halides is 3. The molecule has 10 heteroatoms. The lowest BCUT2D eigenvalue weighted by Gasteiger charge is -2.13. The van der Waals surface area contributed by atoms with Gasteiger partial charge in [0.1, 0.15) is 0 Å². The number of hydrogen-bond donors (Lipinski definition) is 2. The molecule has 0 bridgehead atoms. The molecule has 6 nitrogen and oxygen atoms in total. The molecule has 0 saturated carbocycles. The van der Waals surface area contributed by atoms with E-state index in [4.69, 9.17) is 11.5 Å². The van der Waals surface area contributed by atoms with Crippen LogP contribution in [0.1, 0.15) is 15.9 Å². The van der Waals surface area contributed by atoms with Gasteiger partial charge in [-0.15, -0.1) is 12.4 Å². The number of nitrogens with two attached hydrogens (primary N) is 2. The third kappa shape index (κ3) is 3.76. The molecule has 0 saturated heterocycles. The molecule has 0 atom stereocenters. The molecule has 4 N–H and O–H groups in total. The molecule has 22 heavy (non-hydrogen) atoms. The van der Waals surface area contributed by atoms with Gasteiger partial charge in [-0.25, -0.2) is 4.98 Å². The maximum Gasteiger partial charge on any atom is 0.417 e. The summed E-state index contributed by atoms with van der Waals surface area (Å²) in [6, 6.07) is 3.19. The summed E-state index contributed by atoms with van der Waals surface area (Å²) >= 11 is 0. The Balaban J connectivity index is 0.00000242. The zero-order valence-electron chi connectivity index (χ0n) is 10.9. The normalized spacial score (nSPS) is 10.7. The lowest BCUT2D eigenvalue weighted by molar-refractivity contribution is -0.137. The number of carbonyl (C=O) groups is 1. The summed E-state index contributed by atoms with van der Waals surface area (Å²) in [5.74, 6) is -1.76. The predicted molar refractivity (Wildman–Crippen MR) is 76.0 cm³/mol. The first kappa shape index (κ1) is 17.5. The molecule has 1 aromatic heterocycles. The highest BCUT2D eigenvalue weighted by Gasteiger charge is 2.35. The van der Waals surface area contributed by atoms with Crippen molar-refractivity contribution >= 4 is 24.3 Å². The fraction of sp³-hybridized carbons (Fsp3) is 0.0833. The minimum atomic E-state index is -4.72. The Kier molecular flexibility index (Phi) is 5.15. The Bertz CT molecular complexity index is 693. The molecule has 0 radical (unpaired) electrons. The Morgan fingerprint density at radius 1 is 1.27 bits per heavy atom. The number of hydrogen-bond acceptors (Lipinski definition) is 2. The monoisotopic (exact) mass is 333 g/mol. The fourth-order valence-corrected chi connectivity index (χ4v) is 1.70. The topological polar surface area (TPSA) is 99.3 Å². The fourth-order valence-electron chi connectivity index (χ4n) is 1.70. The first-order chi connectivity index (χ1) is 9.79. The van der Waals surface area contributed by atoms with Gasteiger partial charge in [0.2, 0.25) is 0 Å². The largest absolute Gasteiger partial charge is 0.417 e. The van der Waals surface area contributed by atoms with Gasteiger partial charge >= 0.3 is 6.18 Å². The number of amides is 1. The van der Waals surface area contributed by atoms with Gasteiger partial charge in [0, 0.05) is 18.1 Å². The zero-order valence-corrected chi connectivity index (χ0v) is 11.7. The minimum Gasteiger partial charge on any atom is -0.370 e. The van der Waals surface area contributed by atoms with Gasteiger partial charge in [-0.1, -0.05) is 0 Å². The van der Waals surface area contributed by atoms with Crippen molar-refractivity contribution in [3.05, 3.63) is 48.0 Å². The van der Waals surface area contributed by atoms with E-state index in [1.165, 1.54) is 29.4 Å². The van der Waals surface area contributed by atoms with Crippen LogP contribution in [0, 0.1) is 0 Å². The third-order valence-corrected chi connectivity index (χ3v) is 2.57. The molecular weight excluding hydrogens is 323 g/mol. The lowest BCUT2D eigenvalue weighted by atomic mass is 10.1. The molecule has 2 aromatic rings. The molecule has 2 rings (SSSR count). The number of nitrogens with zero attached hydrogens (tertiary/aromatic N) is 3. The summed E-state index contributed by atoms with van der Waals surface area (Å²) in [5.41, 5.74) is 8.48. The first-order valence-electron chi connectivity index (χ1n) is 5.62. The van der Waals surface area contributed by atoms with E-state index in [1.54, 1.807) is 0 Å². The number of aliphatic imine (C=N–C) groups is 1. The standard InChI is InChI=1S/C12H10F3N5O.ClH/c13-12(14,15)9-5-7(20-4-3-18-6-20)1-2-8(9)10(21)19-11(16)17;/h1-6H,(H4,16,17,19,21);1H. The predicted octanol–water partition coefficient (Wildman–Crippen LogP) is 1.73. The van der Waals surface area contributed by atoms with Crippen molar-refractivity contribution in [2.75, 3.05) is 0 Å². The van der Waals surface area contributed by atoms with E-state index < -0.39 is 29.2 Å². The van der Waals surface area contributed by atoms with Crippen LogP contribution in [0.25, 0.3) is 5.69 Å². The quantitative estimate of drug-likeness (QED) is 0.645. The summed E-state index contributed by atoms with van der Waals surface area (Å²) in [5, 5.41) is 0. The maximum absolute atomic E-state index is 13.1. The van der Waals surface area contributed by atoms with Crippen LogP contribution in [0.3, 0.4) is 0 Å². The van der Waals surface area contributed by atoms with E-state index in [0.29, 0.717) is 0 Å². The first-order valence-corrected chi connectivity index (χ1v) is 5.62. The molecule has 1 amide bonds. The van der Waals surface area contributed by atoms with E-state index >= 15 is 0 Å². The molecule has 1 heterocycles. The summed E-state index contributed by atoms with van der Waals surface area (Å²) in [7, 11) is 0. The van der Waals surface area contributed by atoms with Crippen LogP contribution >= 0.6 is 12.4 Å². The Hall–Kier alpha value is -2.55. The Labute approximate surface area is 129 Å². The van der Waals surface area contributed by atoms with Crippen molar-refractivity contribution in [1.29, 1.82) is 0 Å². The van der Waals surface area contributed by atoms with Gasteiger partial charge in [-0.2, -0.15) is 18.2 Å². The highest BCUT2D eigenvalue weighted by Crippen LogP contribution is 2.33. The number of carbonyl (C=O) groups excluding carboxylic acids is 1. The maximum atomic E-state index is 13.1. The van der Waals surface area contributed by atoms with Crippen molar-refractivity contribution in [1.82, 2.24) is 9.55 Å². The molecule has 0 aliphatic rings. The molecule has 0 aliphatic heterocycles. The van der Waals surface area contributed by atoms with Crippen molar-refractivity contribution in [3.63, 3.8) is 0 Å². The number of halogens is 4. The summed E-state index contributed by atoms with van der Waals surface area (Å²) in [4.78, 5) is 18.5. The van der Waals surface area contributed by atoms with Gasteiger partial charge in [0.25, 0.3) is 5.91 Å². The summed E-state index contributed by atoms with van der Waals surface area (Å²) in [6.07, 6.45) is -0.480. The Morgan fingerprint density at radius 2 is 1.95 bits per heavy atom. The highest BCUT2D eigenvalue weighted by molar-refractivity contribution is 6.03. The van der Waals surface area contributed by atoms with Crippen molar-refractivity contribution in [2.24, 2.45) is 16.5 Å². The molecule has 0 fully saturated rings. The van der Waals surface area contributed by atoms with Gasteiger partial charge in [-0.05, 0) is 18.2 Å². The van der Waals surface area contributed by atoms with E-state index in [-0.39, 0.29) is 18.1 Å². The van der Waals surface area contributed by atoms with E-state index in [2.05, 4.69) is 9.98 Å². The van der Waals surface area contributed by atoms with E-state index in [1.807, 2.05) is 0 Å². The van der Waals surface area contributed by atoms with Crippen molar-refractivity contribution in [3.8, 4) is 5.69 Å². The smallest absolute Gasteiger partial charge is 0.370 e. The van der Waals surface area contributed by atoms with Crippen molar-refractivity contribution in [2.45, 2.75) is 6.18 Å². The zero-order chi connectivity index (χ0) is 15.6. The van der Waals surface area contributed by atoms with Crippen LogP contribution in [0.15, 0.2) is 41.9 Å². The molecule has 0 aliphatic carbocycles. The number of aromatic nitrogens is 2. The molecular formula is C12H11ClF3N5O. The number of guanidine groups is 1. The van der Waals surface area contributed by atoms with Crippen LogP contribution in [0.2, 0.25) is 0 Å². The lowest BCUT2D eigenvalue weighted by Crippen LogP contribution is -2.25. The SMILES string of the molecule is Cl.NC(N)=NC(=O)c1ccc(-n2ccnc2)cc1C(F)(F)F. The van der Waals surface area contributed by atoms with Crippen molar-refractivity contribution < 1.29 is 18.0 Å². The molecule has 0 unspecified atom stereocenters. The second-order valence-electron chi connectivity index (χ2n) is 4.04. The van der Waals surface area contributed by atoms with E-state index in [0.717, 1.165) is 12.1 Å². The van der Waals surface area contributed by atoms with Crippen LogP contribution in [-0.4, -0.2) is 21.4 Å². The number of benzene rings is 1.